The third-order valence-electron chi connectivity index (χ3n) is 5.69. The van der Waals surface area contributed by atoms with Crippen LogP contribution in [0.3, 0.4) is 0 Å². The van der Waals surface area contributed by atoms with E-state index in [2.05, 4.69) is 6.92 Å². The third kappa shape index (κ3) is 2.98. The molecule has 4 fully saturated rings. The molecular weight excluding hydrogens is 236 g/mol. The largest absolute Gasteiger partial charge is 0.465 e. The standard InChI is InChI=1S/C17H28O2/c1-2-3-4-5-16(18)19-12-17-9-13-6-14(10-17)8-15(7-13)11-17/h13-15H,2-12H2,1H3. The highest BCUT2D eigenvalue weighted by Gasteiger charge is 2.51. The van der Waals surface area contributed by atoms with Gasteiger partial charge >= 0.3 is 5.97 Å². The zero-order valence-electron chi connectivity index (χ0n) is 12.3. The third-order valence-corrected chi connectivity index (χ3v) is 5.69. The van der Waals surface area contributed by atoms with Gasteiger partial charge in [0.15, 0.2) is 0 Å². The lowest BCUT2D eigenvalue weighted by Crippen LogP contribution is -2.48. The summed E-state index contributed by atoms with van der Waals surface area (Å²) in [6, 6.07) is 0. The van der Waals surface area contributed by atoms with Crippen molar-refractivity contribution in [3.8, 4) is 0 Å². The molecular formula is C17H28O2. The second-order valence-electron chi connectivity index (χ2n) is 7.54. The zero-order valence-corrected chi connectivity index (χ0v) is 12.3. The van der Waals surface area contributed by atoms with Crippen molar-refractivity contribution in [1.82, 2.24) is 0 Å². The van der Waals surface area contributed by atoms with E-state index in [1.54, 1.807) is 0 Å². The lowest BCUT2D eigenvalue weighted by Gasteiger charge is -2.56. The molecule has 0 aromatic rings. The average molecular weight is 264 g/mol. The van der Waals surface area contributed by atoms with E-state index in [1.165, 1.54) is 44.9 Å². The molecule has 19 heavy (non-hydrogen) atoms. The van der Waals surface area contributed by atoms with E-state index in [0.717, 1.165) is 37.2 Å². The number of unbranched alkanes of at least 4 members (excludes halogenated alkanes) is 2. The van der Waals surface area contributed by atoms with Crippen LogP contribution in [0.2, 0.25) is 0 Å². The van der Waals surface area contributed by atoms with Gasteiger partial charge in [-0.25, -0.2) is 0 Å². The van der Waals surface area contributed by atoms with Gasteiger partial charge in [0.25, 0.3) is 0 Å². The van der Waals surface area contributed by atoms with Crippen LogP contribution in [0.4, 0.5) is 0 Å². The van der Waals surface area contributed by atoms with Gasteiger partial charge in [-0.15, -0.1) is 0 Å². The molecule has 4 rings (SSSR count). The molecule has 0 N–H and O–H groups in total. The van der Waals surface area contributed by atoms with Gasteiger partial charge in [-0.1, -0.05) is 19.8 Å². The smallest absolute Gasteiger partial charge is 0.305 e. The normalized spacial score (nSPS) is 39.5. The van der Waals surface area contributed by atoms with Gasteiger partial charge in [0.2, 0.25) is 0 Å². The number of carbonyl (C=O) groups is 1. The highest BCUT2D eigenvalue weighted by molar-refractivity contribution is 5.69. The average Bonchev–Trinajstić information content (AvgIpc) is 2.35. The lowest BCUT2D eigenvalue weighted by atomic mass is 9.50. The Balaban J connectivity index is 1.48. The van der Waals surface area contributed by atoms with Crippen LogP contribution in [-0.2, 0) is 9.53 Å². The van der Waals surface area contributed by atoms with E-state index in [0.29, 0.717) is 11.8 Å². The fraction of sp³-hybridized carbons (Fsp3) is 0.941. The van der Waals surface area contributed by atoms with Gasteiger partial charge in [-0.2, -0.15) is 0 Å². The Morgan fingerprint density at radius 2 is 1.63 bits per heavy atom. The summed E-state index contributed by atoms with van der Waals surface area (Å²) in [5.74, 6) is 2.89. The summed E-state index contributed by atoms with van der Waals surface area (Å²) >= 11 is 0. The highest BCUT2D eigenvalue weighted by atomic mass is 16.5. The summed E-state index contributed by atoms with van der Waals surface area (Å²) < 4.78 is 5.63. The van der Waals surface area contributed by atoms with Crippen molar-refractivity contribution in [2.24, 2.45) is 23.2 Å². The summed E-state index contributed by atoms with van der Waals surface area (Å²) in [6.07, 6.45) is 12.3. The van der Waals surface area contributed by atoms with Gasteiger partial charge in [0.05, 0.1) is 6.61 Å². The molecule has 0 spiro atoms. The Hall–Kier alpha value is -0.530. The maximum absolute atomic E-state index is 11.8. The van der Waals surface area contributed by atoms with Gasteiger partial charge in [0, 0.05) is 11.8 Å². The van der Waals surface area contributed by atoms with Crippen LogP contribution in [0.5, 0.6) is 0 Å². The summed E-state index contributed by atoms with van der Waals surface area (Å²) in [7, 11) is 0. The predicted molar refractivity (Wildman–Crippen MR) is 75.7 cm³/mol. The van der Waals surface area contributed by atoms with Gasteiger partial charge in [-0.3, -0.25) is 4.79 Å². The van der Waals surface area contributed by atoms with Crippen molar-refractivity contribution in [3.63, 3.8) is 0 Å². The summed E-state index contributed by atoms with van der Waals surface area (Å²) in [4.78, 5) is 11.8. The molecule has 0 amide bonds. The van der Waals surface area contributed by atoms with Crippen LogP contribution in [0, 0.1) is 23.2 Å². The van der Waals surface area contributed by atoms with Crippen molar-refractivity contribution in [1.29, 1.82) is 0 Å². The Kier molecular flexibility index (Phi) is 3.86. The van der Waals surface area contributed by atoms with Crippen LogP contribution in [0.15, 0.2) is 0 Å². The fourth-order valence-electron chi connectivity index (χ4n) is 5.29. The van der Waals surface area contributed by atoms with Gasteiger partial charge < -0.3 is 4.74 Å². The van der Waals surface area contributed by atoms with Crippen molar-refractivity contribution in [3.05, 3.63) is 0 Å². The first-order valence-corrected chi connectivity index (χ1v) is 8.35. The summed E-state index contributed by atoms with van der Waals surface area (Å²) in [5, 5.41) is 0. The molecule has 0 heterocycles. The fourth-order valence-corrected chi connectivity index (χ4v) is 5.29. The second-order valence-corrected chi connectivity index (χ2v) is 7.54. The molecule has 2 heteroatoms. The minimum atomic E-state index is 0.0456. The number of rotatable bonds is 6. The molecule has 0 aromatic heterocycles. The first-order valence-electron chi connectivity index (χ1n) is 8.35. The molecule has 108 valence electrons. The Bertz CT molecular complexity index is 299. The maximum Gasteiger partial charge on any atom is 0.305 e. The molecule has 4 aliphatic carbocycles. The monoisotopic (exact) mass is 264 g/mol. The molecule has 0 aromatic carbocycles. The lowest BCUT2D eigenvalue weighted by molar-refractivity contribution is -0.155. The topological polar surface area (TPSA) is 26.3 Å². The van der Waals surface area contributed by atoms with Crippen molar-refractivity contribution >= 4 is 5.97 Å². The van der Waals surface area contributed by atoms with E-state index < -0.39 is 0 Å². The van der Waals surface area contributed by atoms with Gasteiger partial charge in [-0.05, 0) is 62.7 Å². The van der Waals surface area contributed by atoms with E-state index in [4.69, 9.17) is 4.74 Å². The minimum absolute atomic E-state index is 0.0456. The van der Waals surface area contributed by atoms with Crippen LogP contribution >= 0.6 is 0 Å². The van der Waals surface area contributed by atoms with Crippen molar-refractivity contribution in [2.75, 3.05) is 6.61 Å². The first kappa shape index (κ1) is 13.5. The Labute approximate surface area is 117 Å². The molecule has 0 atom stereocenters. The first-order chi connectivity index (χ1) is 9.19. The number of carbonyl (C=O) groups excluding carboxylic acids is 1. The molecule has 4 aliphatic rings. The quantitative estimate of drug-likeness (QED) is 0.527. The van der Waals surface area contributed by atoms with Crippen molar-refractivity contribution < 1.29 is 9.53 Å². The van der Waals surface area contributed by atoms with E-state index >= 15 is 0 Å². The number of hydrogen-bond acceptors (Lipinski definition) is 2. The summed E-state index contributed by atoms with van der Waals surface area (Å²) in [6.45, 7) is 2.89. The number of esters is 1. The van der Waals surface area contributed by atoms with Crippen LogP contribution < -0.4 is 0 Å². The molecule has 0 unspecified atom stereocenters. The number of ether oxygens (including phenoxy) is 1. The molecule has 0 saturated heterocycles. The highest BCUT2D eigenvalue weighted by Crippen LogP contribution is 2.60. The zero-order chi connectivity index (χ0) is 13.3. The van der Waals surface area contributed by atoms with Crippen LogP contribution in [0.1, 0.15) is 71.1 Å². The van der Waals surface area contributed by atoms with Crippen molar-refractivity contribution in [2.45, 2.75) is 71.1 Å². The van der Waals surface area contributed by atoms with Gasteiger partial charge in [0.1, 0.15) is 0 Å². The van der Waals surface area contributed by atoms with Crippen LogP contribution in [-0.4, -0.2) is 12.6 Å². The number of hydrogen-bond donors (Lipinski definition) is 0. The molecule has 2 nitrogen and oxygen atoms in total. The molecule has 0 aliphatic heterocycles. The Morgan fingerprint density at radius 3 is 2.16 bits per heavy atom. The minimum Gasteiger partial charge on any atom is -0.465 e. The Morgan fingerprint density at radius 1 is 1.05 bits per heavy atom. The molecule has 0 radical (unpaired) electrons. The van der Waals surface area contributed by atoms with E-state index in [-0.39, 0.29) is 5.97 Å². The molecule has 4 saturated carbocycles. The second kappa shape index (κ2) is 5.46. The predicted octanol–water partition coefficient (Wildman–Crippen LogP) is 4.33. The van der Waals surface area contributed by atoms with Crippen LogP contribution in [0.25, 0.3) is 0 Å². The summed E-state index contributed by atoms with van der Waals surface area (Å²) in [5.41, 5.74) is 0.384. The SMILES string of the molecule is CCCCCC(=O)OCC12CC3CC(CC(C3)C1)C2. The van der Waals surface area contributed by atoms with E-state index in [9.17, 15) is 4.79 Å². The van der Waals surface area contributed by atoms with E-state index in [1.807, 2.05) is 0 Å². The molecule has 4 bridgehead atoms. The maximum atomic E-state index is 11.8.